The Morgan fingerprint density at radius 2 is 1.42 bits per heavy atom. The molecule has 0 fully saturated rings. The molecule has 0 aliphatic carbocycles. The first kappa shape index (κ1) is 14.9. The van der Waals surface area contributed by atoms with Crippen molar-refractivity contribution in [3.63, 3.8) is 0 Å². The maximum Gasteiger partial charge on any atom is 0.340 e. The molecule has 1 spiro atoms. The van der Waals surface area contributed by atoms with Crippen molar-refractivity contribution < 1.29 is 14.3 Å². The van der Waals surface area contributed by atoms with Gasteiger partial charge in [0.15, 0.2) is 0 Å². The molecule has 4 nitrogen and oxygen atoms in total. The fourth-order valence-corrected chi connectivity index (χ4v) is 3.92. The monoisotopic (exact) mass is 341 g/mol. The number of benzene rings is 3. The Morgan fingerprint density at radius 3 is 2.23 bits per heavy atom. The largest absolute Gasteiger partial charge is 0.435 e. The molecule has 0 saturated carbocycles. The second kappa shape index (κ2) is 5.30. The molecule has 2 aliphatic rings. The van der Waals surface area contributed by atoms with Gasteiger partial charge in [0, 0.05) is 11.1 Å². The summed E-state index contributed by atoms with van der Waals surface area (Å²) in [5.41, 5.74) is 2.23. The van der Waals surface area contributed by atoms with Gasteiger partial charge in [0.1, 0.15) is 0 Å². The number of carbonyl (C=O) groups is 2. The Balaban J connectivity index is 1.70. The zero-order chi connectivity index (χ0) is 17.7. The SMILES string of the molecule is O=C1OC2(C(=O)N(Cc3ccccc3)c3ccccc32)c2ccccc21. The molecule has 5 rings (SSSR count). The lowest BCUT2D eigenvalue weighted by molar-refractivity contribution is -0.132. The number of hydrogen-bond acceptors (Lipinski definition) is 3. The minimum Gasteiger partial charge on any atom is -0.435 e. The lowest BCUT2D eigenvalue weighted by atomic mass is 9.87. The van der Waals surface area contributed by atoms with Gasteiger partial charge >= 0.3 is 5.97 Å². The molecule has 2 aliphatic heterocycles. The van der Waals surface area contributed by atoms with E-state index in [1.54, 1.807) is 23.1 Å². The van der Waals surface area contributed by atoms with E-state index in [2.05, 4.69) is 0 Å². The van der Waals surface area contributed by atoms with Crippen LogP contribution in [0.1, 0.15) is 27.0 Å². The molecule has 3 aromatic rings. The molecule has 0 radical (unpaired) electrons. The molecular weight excluding hydrogens is 326 g/mol. The number of carbonyl (C=O) groups excluding carboxylic acids is 2. The second-order valence-corrected chi connectivity index (χ2v) is 6.51. The smallest absolute Gasteiger partial charge is 0.340 e. The van der Waals surface area contributed by atoms with Gasteiger partial charge in [-0.1, -0.05) is 66.7 Å². The summed E-state index contributed by atoms with van der Waals surface area (Å²) in [6.07, 6.45) is 0. The standard InChI is InChI=1S/C22H15NO3/c24-20-16-10-4-5-11-17(16)22(26-20)18-12-6-7-13-19(18)23(21(22)25)14-15-8-2-1-3-9-15/h1-13H,14H2. The summed E-state index contributed by atoms with van der Waals surface area (Å²) < 4.78 is 5.76. The predicted molar refractivity (Wildman–Crippen MR) is 96.7 cm³/mol. The minimum absolute atomic E-state index is 0.221. The van der Waals surface area contributed by atoms with Crippen LogP contribution in [0.3, 0.4) is 0 Å². The Kier molecular flexibility index (Phi) is 3.04. The number of fused-ring (bicyclic) bond motifs is 4. The molecule has 26 heavy (non-hydrogen) atoms. The highest BCUT2D eigenvalue weighted by molar-refractivity contribution is 6.14. The summed E-state index contributed by atoms with van der Waals surface area (Å²) in [5, 5.41) is 0. The van der Waals surface area contributed by atoms with E-state index in [1.807, 2.05) is 60.7 Å². The van der Waals surface area contributed by atoms with Gasteiger partial charge in [0.25, 0.3) is 5.91 Å². The highest BCUT2D eigenvalue weighted by Crippen LogP contribution is 2.51. The number of ether oxygens (including phenoxy) is 1. The van der Waals surface area contributed by atoms with E-state index in [0.717, 1.165) is 16.8 Å². The molecule has 0 saturated heterocycles. The van der Waals surface area contributed by atoms with E-state index in [1.165, 1.54) is 0 Å². The highest BCUT2D eigenvalue weighted by atomic mass is 16.6. The second-order valence-electron chi connectivity index (χ2n) is 6.51. The van der Waals surface area contributed by atoms with Crippen LogP contribution in [-0.2, 0) is 21.7 Å². The van der Waals surface area contributed by atoms with Crippen molar-refractivity contribution in [1.82, 2.24) is 0 Å². The van der Waals surface area contributed by atoms with Gasteiger partial charge in [0.05, 0.1) is 17.8 Å². The number of rotatable bonds is 2. The van der Waals surface area contributed by atoms with Gasteiger partial charge < -0.3 is 9.64 Å². The molecular formula is C22H15NO3. The van der Waals surface area contributed by atoms with Crippen molar-refractivity contribution in [3.05, 3.63) is 101 Å². The summed E-state index contributed by atoms with van der Waals surface area (Å²) in [4.78, 5) is 27.7. The lowest BCUT2D eigenvalue weighted by Gasteiger charge is -2.23. The van der Waals surface area contributed by atoms with E-state index in [9.17, 15) is 9.59 Å². The van der Waals surface area contributed by atoms with Crippen LogP contribution < -0.4 is 4.90 Å². The third kappa shape index (κ3) is 1.84. The molecule has 0 aromatic heterocycles. The Bertz CT molecular complexity index is 1040. The van der Waals surface area contributed by atoms with E-state index in [-0.39, 0.29) is 5.91 Å². The molecule has 0 bridgehead atoms. The van der Waals surface area contributed by atoms with Gasteiger partial charge in [-0.3, -0.25) is 4.79 Å². The van der Waals surface area contributed by atoms with Crippen LogP contribution in [0.2, 0.25) is 0 Å². The van der Waals surface area contributed by atoms with E-state index in [4.69, 9.17) is 4.74 Å². The Morgan fingerprint density at radius 1 is 0.769 bits per heavy atom. The third-order valence-electron chi connectivity index (χ3n) is 5.08. The summed E-state index contributed by atoms with van der Waals surface area (Å²) in [6.45, 7) is 0.429. The Labute approximate surface area is 150 Å². The van der Waals surface area contributed by atoms with E-state index >= 15 is 0 Å². The van der Waals surface area contributed by atoms with Crippen LogP contribution in [-0.4, -0.2) is 11.9 Å². The highest BCUT2D eigenvalue weighted by Gasteiger charge is 2.60. The van der Waals surface area contributed by atoms with Crippen molar-refractivity contribution in [2.45, 2.75) is 12.1 Å². The molecule has 4 heteroatoms. The van der Waals surface area contributed by atoms with Gasteiger partial charge in [-0.2, -0.15) is 0 Å². The lowest BCUT2D eigenvalue weighted by Crippen LogP contribution is -2.41. The molecule has 3 aromatic carbocycles. The number of esters is 1. The number of para-hydroxylation sites is 1. The topological polar surface area (TPSA) is 46.6 Å². The number of anilines is 1. The number of hydrogen-bond donors (Lipinski definition) is 0. The van der Waals surface area contributed by atoms with Crippen molar-refractivity contribution in [3.8, 4) is 0 Å². The normalized spacial score (nSPS) is 20.2. The molecule has 1 atom stereocenters. The summed E-state index contributed by atoms with van der Waals surface area (Å²) in [5.74, 6) is -0.675. The van der Waals surface area contributed by atoms with Gasteiger partial charge in [-0.25, -0.2) is 4.79 Å². The zero-order valence-electron chi connectivity index (χ0n) is 13.9. The van der Waals surface area contributed by atoms with Gasteiger partial charge in [-0.05, 0) is 17.7 Å². The van der Waals surface area contributed by atoms with E-state index in [0.29, 0.717) is 17.7 Å². The van der Waals surface area contributed by atoms with Gasteiger partial charge in [0.2, 0.25) is 5.60 Å². The first-order valence-electron chi connectivity index (χ1n) is 8.50. The van der Waals surface area contributed by atoms with Crippen LogP contribution >= 0.6 is 0 Å². The number of nitrogens with zero attached hydrogens (tertiary/aromatic N) is 1. The maximum absolute atomic E-state index is 13.5. The first-order valence-corrected chi connectivity index (χ1v) is 8.50. The fourth-order valence-electron chi connectivity index (χ4n) is 3.92. The van der Waals surface area contributed by atoms with Crippen LogP contribution in [0.25, 0.3) is 0 Å². The van der Waals surface area contributed by atoms with Gasteiger partial charge in [-0.15, -0.1) is 0 Å². The van der Waals surface area contributed by atoms with Crippen LogP contribution in [0.15, 0.2) is 78.9 Å². The van der Waals surface area contributed by atoms with Crippen molar-refractivity contribution in [1.29, 1.82) is 0 Å². The van der Waals surface area contributed by atoms with Crippen LogP contribution in [0, 0.1) is 0 Å². The molecule has 2 heterocycles. The third-order valence-corrected chi connectivity index (χ3v) is 5.08. The quantitative estimate of drug-likeness (QED) is 0.669. The summed E-state index contributed by atoms with van der Waals surface area (Å²) >= 11 is 0. The van der Waals surface area contributed by atoms with Crippen LogP contribution in [0.4, 0.5) is 5.69 Å². The molecule has 1 unspecified atom stereocenters. The molecule has 0 N–H and O–H groups in total. The van der Waals surface area contributed by atoms with E-state index < -0.39 is 11.6 Å². The average Bonchev–Trinajstić information content (AvgIpc) is 3.11. The molecule has 1 amide bonds. The van der Waals surface area contributed by atoms with Crippen molar-refractivity contribution in [2.75, 3.05) is 4.90 Å². The maximum atomic E-state index is 13.5. The van der Waals surface area contributed by atoms with Crippen LogP contribution in [0.5, 0.6) is 0 Å². The fraction of sp³-hybridized carbons (Fsp3) is 0.0909. The zero-order valence-corrected chi connectivity index (χ0v) is 13.9. The number of amides is 1. The minimum atomic E-state index is -1.38. The summed E-state index contributed by atoms with van der Waals surface area (Å²) in [6, 6.07) is 24.5. The average molecular weight is 341 g/mol. The van der Waals surface area contributed by atoms with Crippen molar-refractivity contribution >= 4 is 17.6 Å². The summed E-state index contributed by atoms with van der Waals surface area (Å²) in [7, 11) is 0. The molecule has 126 valence electrons. The van der Waals surface area contributed by atoms with Crippen molar-refractivity contribution in [2.24, 2.45) is 0 Å². The predicted octanol–water partition coefficient (Wildman–Crippen LogP) is 3.65. The first-order chi connectivity index (χ1) is 12.7. The Hall–Kier alpha value is -3.40.